The monoisotopic (exact) mass is 382 g/mol. The van der Waals surface area contributed by atoms with E-state index in [1.54, 1.807) is 30.5 Å². The molecule has 0 aliphatic carbocycles. The molecule has 2 heterocycles. The first-order valence-corrected chi connectivity index (χ1v) is 9.14. The summed E-state index contributed by atoms with van der Waals surface area (Å²) in [6.45, 7) is 0.0368. The Morgan fingerprint density at radius 1 is 1.12 bits per heavy atom. The molecule has 1 aromatic carbocycles. The van der Waals surface area contributed by atoms with E-state index < -0.39 is 10.0 Å². The summed E-state index contributed by atoms with van der Waals surface area (Å²) in [6, 6.07) is 11.3. The van der Waals surface area contributed by atoms with Crippen LogP contribution < -0.4 is 4.72 Å². The lowest BCUT2D eigenvalue weighted by Crippen LogP contribution is -2.24. The van der Waals surface area contributed by atoms with Crippen molar-refractivity contribution in [2.75, 3.05) is 0 Å². The Hall–Kier alpha value is -1.86. The average molecular weight is 383 g/mol. The van der Waals surface area contributed by atoms with Crippen molar-refractivity contribution in [1.29, 1.82) is 0 Å². The van der Waals surface area contributed by atoms with E-state index in [2.05, 4.69) is 9.71 Å². The molecule has 8 heteroatoms. The molecule has 1 N–H and O–H groups in total. The number of benzene rings is 1. The Kier molecular flexibility index (Phi) is 4.91. The van der Waals surface area contributed by atoms with E-state index in [9.17, 15) is 8.42 Å². The highest BCUT2D eigenvalue weighted by molar-refractivity contribution is 7.89. The van der Waals surface area contributed by atoms with E-state index in [1.165, 1.54) is 24.5 Å². The van der Waals surface area contributed by atoms with E-state index in [4.69, 9.17) is 27.6 Å². The van der Waals surface area contributed by atoms with Crippen molar-refractivity contribution in [3.05, 3.63) is 70.5 Å². The first-order chi connectivity index (χ1) is 11.5. The number of hydrogen-bond acceptors (Lipinski definition) is 4. The van der Waals surface area contributed by atoms with Crippen molar-refractivity contribution in [3.8, 4) is 11.5 Å². The van der Waals surface area contributed by atoms with Crippen LogP contribution >= 0.6 is 23.2 Å². The number of nitrogens with zero attached hydrogens (tertiary/aromatic N) is 1. The normalized spacial score (nSPS) is 11.6. The predicted molar refractivity (Wildman–Crippen MR) is 92.4 cm³/mol. The Bertz CT molecular complexity index is 957. The first-order valence-electron chi connectivity index (χ1n) is 6.90. The number of nitrogens with one attached hydrogen (secondary N) is 1. The van der Waals surface area contributed by atoms with Gasteiger partial charge in [0.25, 0.3) is 0 Å². The molecule has 3 aromatic rings. The van der Waals surface area contributed by atoms with E-state index >= 15 is 0 Å². The molecule has 5 nitrogen and oxygen atoms in total. The van der Waals surface area contributed by atoms with Crippen LogP contribution in [-0.4, -0.2) is 13.4 Å². The number of halogens is 2. The maximum atomic E-state index is 12.5. The Labute approximate surface area is 149 Å². The van der Waals surface area contributed by atoms with Gasteiger partial charge in [-0.3, -0.25) is 4.98 Å². The molecule has 124 valence electrons. The van der Waals surface area contributed by atoms with Crippen molar-refractivity contribution >= 4 is 33.2 Å². The summed E-state index contributed by atoms with van der Waals surface area (Å²) in [6.07, 6.45) is 3.15. The third kappa shape index (κ3) is 3.62. The molecule has 0 aliphatic heterocycles. The minimum absolute atomic E-state index is 0.0368. The standard InChI is InChI=1S/C16H12Cl2N2O3S/c17-12-5-6-13(18)15(9-12)24(21,22)20-10-11-3-1-7-19-16(11)14-4-2-8-23-14/h1-9,20H,10H2. The van der Waals surface area contributed by atoms with Crippen LogP contribution in [0.2, 0.25) is 10.0 Å². The van der Waals surface area contributed by atoms with E-state index in [-0.39, 0.29) is 21.5 Å². The Morgan fingerprint density at radius 2 is 1.96 bits per heavy atom. The Morgan fingerprint density at radius 3 is 2.71 bits per heavy atom. The van der Waals surface area contributed by atoms with E-state index in [0.29, 0.717) is 17.0 Å². The topological polar surface area (TPSA) is 72.2 Å². The lowest BCUT2D eigenvalue weighted by molar-refractivity contribution is 0.575. The van der Waals surface area contributed by atoms with Crippen LogP contribution in [0.5, 0.6) is 0 Å². The van der Waals surface area contributed by atoms with E-state index in [1.807, 2.05) is 0 Å². The fraction of sp³-hybridized carbons (Fsp3) is 0.0625. The van der Waals surface area contributed by atoms with Gasteiger partial charge in [-0.2, -0.15) is 0 Å². The second-order valence-corrected chi connectivity index (χ2v) is 7.47. The number of sulfonamides is 1. The van der Waals surface area contributed by atoms with Crippen LogP contribution in [0.15, 0.2) is 64.2 Å². The molecule has 0 atom stereocenters. The van der Waals surface area contributed by atoms with Crippen LogP contribution in [0.3, 0.4) is 0 Å². The van der Waals surface area contributed by atoms with Crippen molar-refractivity contribution in [1.82, 2.24) is 9.71 Å². The summed E-state index contributed by atoms with van der Waals surface area (Å²) >= 11 is 11.8. The van der Waals surface area contributed by atoms with Gasteiger partial charge in [-0.25, -0.2) is 13.1 Å². The lowest BCUT2D eigenvalue weighted by Gasteiger charge is -2.10. The predicted octanol–water partition coefficient (Wildman–Crippen LogP) is 4.13. The van der Waals surface area contributed by atoms with Gasteiger partial charge < -0.3 is 4.42 Å². The van der Waals surface area contributed by atoms with Crippen LogP contribution in [0, 0.1) is 0 Å². The highest BCUT2D eigenvalue weighted by Crippen LogP contribution is 2.26. The average Bonchev–Trinajstić information content (AvgIpc) is 3.10. The zero-order valence-corrected chi connectivity index (χ0v) is 14.6. The van der Waals surface area contributed by atoms with Gasteiger partial charge in [0.05, 0.1) is 11.3 Å². The SMILES string of the molecule is O=S(=O)(NCc1cccnc1-c1ccco1)c1cc(Cl)ccc1Cl. The van der Waals surface area contributed by atoms with Gasteiger partial charge in [0.1, 0.15) is 10.6 Å². The lowest BCUT2D eigenvalue weighted by atomic mass is 10.1. The first kappa shape index (κ1) is 17.0. The van der Waals surface area contributed by atoms with Gasteiger partial charge in [-0.15, -0.1) is 0 Å². The van der Waals surface area contributed by atoms with Crippen molar-refractivity contribution in [2.24, 2.45) is 0 Å². The molecular formula is C16H12Cl2N2O3S. The van der Waals surface area contributed by atoms with Crippen molar-refractivity contribution < 1.29 is 12.8 Å². The largest absolute Gasteiger partial charge is 0.463 e. The molecular weight excluding hydrogens is 371 g/mol. The molecule has 0 saturated heterocycles. The van der Waals surface area contributed by atoms with Crippen LogP contribution in [0.25, 0.3) is 11.5 Å². The van der Waals surface area contributed by atoms with Gasteiger partial charge in [0, 0.05) is 17.8 Å². The minimum Gasteiger partial charge on any atom is -0.463 e. The molecule has 0 bridgehead atoms. The fourth-order valence-corrected chi connectivity index (χ4v) is 3.92. The van der Waals surface area contributed by atoms with Gasteiger partial charge in [-0.1, -0.05) is 29.3 Å². The third-order valence-electron chi connectivity index (χ3n) is 3.28. The molecule has 2 aromatic heterocycles. The van der Waals surface area contributed by atoms with Crippen LogP contribution in [-0.2, 0) is 16.6 Å². The summed E-state index contributed by atoms with van der Waals surface area (Å²) in [5, 5.41) is 0.391. The minimum atomic E-state index is -3.82. The molecule has 3 rings (SSSR count). The van der Waals surface area contributed by atoms with Gasteiger partial charge in [-0.05, 0) is 42.0 Å². The number of rotatable bonds is 5. The second-order valence-electron chi connectivity index (χ2n) is 4.89. The maximum absolute atomic E-state index is 12.5. The number of furan rings is 1. The Balaban J connectivity index is 1.87. The van der Waals surface area contributed by atoms with Crippen LogP contribution in [0.4, 0.5) is 0 Å². The summed E-state index contributed by atoms with van der Waals surface area (Å²) < 4.78 is 32.8. The maximum Gasteiger partial charge on any atom is 0.242 e. The highest BCUT2D eigenvalue weighted by atomic mass is 35.5. The summed E-state index contributed by atoms with van der Waals surface area (Å²) in [7, 11) is -3.82. The molecule has 0 fully saturated rings. The van der Waals surface area contributed by atoms with Crippen LogP contribution in [0.1, 0.15) is 5.56 Å². The van der Waals surface area contributed by atoms with Crippen molar-refractivity contribution in [2.45, 2.75) is 11.4 Å². The molecule has 24 heavy (non-hydrogen) atoms. The molecule has 0 saturated carbocycles. The van der Waals surface area contributed by atoms with E-state index in [0.717, 1.165) is 0 Å². The number of pyridine rings is 1. The smallest absolute Gasteiger partial charge is 0.242 e. The van der Waals surface area contributed by atoms with Gasteiger partial charge >= 0.3 is 0 Å². The van der Waals surface area contributed by atoms with Gasteiger partial charge in [0.15, 0.2) is 5.76 Å². The number of hydrogen-bond donors (Lipinski definition) is 1. The highest BCUT2D eigenvalue weighted by Gasteiger charge is 2.19. The van der Waals surface area contributed by atoms with Crippen molar-refractivity contribution in [3.63, 3.8) is 0 Å². The fourth-order valence-electron chi connectivity index (χ4n) is 2.15. The summed E-state index contributed by atoms with van der Waals surface area (Å²) in [5.41, 5.74) is 1.25. The molecule has 0 amide bonds. The molecule has 0 spiro atoms. The molecule has 0 aliphatic rings. The third-order valence-corrected chi connectivity index (χ3v) is 5.40. The number of aromatic nitrogens is 1. The van der Waals surface area contributed by atoms with Gasteiger partial charge in [0.2, 0.25) is 10.0 Å². The quantitative estimate of drug-likeness (QED) is 0.719. The summed E-state index contributed by atoms with van der Waals surface area (Å²) in [5.74, 6) is 0.561. The molecule has 0 radical (unpaired) electrons. The zero-order valence-electron chi connectivity index (χ0n) is 12.2. The second kappa shape index (κ2) is 6.94. The molecule has 0 unspecified atom stereocenters. The summed E-state index contributed by atoms with van der Waals surface area (Å²) in [4.78, 5) is 4.18. The zero-order chi connectivity index (χ0) is 17.2.